The lowest BCUT2D eigenvalue weighted by atomic mass is 10.2. The summed E-state index contributed by atoms with van der Waals surface area (Å²) in [6.07, 6.45) is 1.39. The number of nitrogens with one attached hydrogen (secondary N) is 1. The maximum Gasteiger partial charge on any atom is 0.250 e. The number of hydrogen-bond acceptors (Lipinski definition) is 5. The first kappa shape index (κ1) is 18.9. The smallest absolute Gasteiger partial charge is 0.250 e. The van der Waals surface area contributed by atoms with Crippen LogP contribution < -0.4 is 5.43 Å². The second-order valence-corrected chi connectivity index (χ2v) is 8.06. The lowest BCUT2D eigenvalue weighted by Crippen LogP contribution is -2.19. The monoisotopic (exact) mass is 496 g/mol. The highest BCUT2D eigenvalue weighted by atomic mass is 79.9. The minimum absolute atomic E-state index is 0.0558. The molecule has 3 aromatic rings. The summed E-state index contributed by atoms with van der Waals surface area (Å²) in [7, 11) is 1.92. The van der Waals surface area contributed by atoms with Crippen LogP contribution in [0.3, 0.4) is 0 Å². The standard InChI is InChI=1S/C17H14Br2N4O2S/c1-23-14-5-3-2-4-13(14)21-17(23)26-9-15(24)22-20-8-10-6-11(18)7-12(19)16(10)25/h2-8,25H,9H2,1H3,(H,22,24)/b20-8+. The Bertz CT molecular complexity index is 1000. The van der Waals surface area contributed by atoms with Crippen molar-refractivity contribution in [2.45, 2.75) is 5.16 Å². The molecule has 0 aliphatic heterocycles. The fraction of sp³-hybridized carbons (Fsp3) is 0.118. The molecular weight excluding hydrogens is 484 g/mol. The Labute approximate surface area is 170 Å². The van der Waals surface area contributed by atoms with E-state index in [2.05, 4.69) is 47.4 Å². The number of amides is 1. The molecule has 0 fully saturated rings. The number of para-hydroxylation sites is 2. The highest BCUT2D eigenvalue weighted by Gasteiger charge is 2.10. The van der Waals surface area contributed by atoms with Gasteiger partial charge in [0.2, 0.25) is 0 Å². The predicted octanol–water partition coefficient (Wildman–Crippen LogP) is 4.05. The number of phenolic OH excluding ortho intramolecular Hbond substituents is 1. The van der Waals surface area contributed by atoms with Crippen molar-refractivity contribution in [2.24, 2.45) is 12.1 Å². The Hall–Kier alpha value is -1.84. The normalized spacial score (nSPS) is 11.3. The van der Waals surface area contributed by atoms with E-state index in [0.29, 0.717) is 10.0 Å². The largest absolute Gasteiger partial charge is 0.506 e. The zero-order valence-electron chi connectivity index (χ0n) is 13.6. The molecular formula is C17H14Br2N4O2S. The molecule has 1 aromatic heterocycles. The molecule has 1 amide bonds. The maximum atomic E-state index is 12.0. The number of benzene rings is 2. The van der Waals surface area contributed by atoms with E-state index in [1.54, 1.807) is 12.1 Å². The van der Waals surface area contributed by atoms with Gasteiger partial charge in [0.1, 0.15) is 5.75 Å². The summed E-state index contributed by atoms with van der Waals surface area (Å²) in [4.78, 5) is 16.5. The van der Waals surface area contributed by atoms with Crippen LogP contribution in [0.2, 0.25) is 0 Å². The number of aromatic hydroxyl groups is 1. The summed E-state index contributed by atoms with van der Waals surface area (Å²) in [5.41, 5.74) is 4.85. The van der Waals surface area contributed by atoms with Crippen molar-refractivity contribution in [3.05, 3.63) is 50.9 Å². The van der Waals surface area contributed by atoms with E-state index in [-0.39, 0.29) is 17.4 Å². The third-order valence-electron chi connectivity index (χ3n) is 3.53. The number of carbonyl (C=O) groups is 1. The first-order valence-electron chi connectivity index (χ1n) is 7.50. The highest BCUT2D eigenvalue weighted by molar-refractivity contribution is 9.11. The van der Waals surface area contributed by atoms with Crippen LogP contribution >= 0.6 is 43.6 Å². The van der Waals surface area contributed by atoms with Crippen molar-refractivity contribution in [3.8, 4) is 5.75 Å². The van der Waals surface area contributed by atoms with Crippen molar-refractivity contribution >= 4 is 66.8 Å². The van der Waals surface area contributed by atoms with Crippen LogP contribution in [0.4, 0.5) is 0 Å². The quantitative estimate of drug-likeness (QED) is 0.316. The number of halogens is 2. The van der Waals surface area contributed by atoms with Crippen LogP contribution in [0.15, 0.2) is 55.6 Å². The topological polar surface area (TPSA) is 79.5 Å². The molecule has 0 aliphatic rings. The van der Waals surface area contributed by atoms with Crippen LogP contribution in [-0.4, -0.2) is 32.5 Å². The molecule has 3 rings (SSSR count). The van der Waals surface area contributed by atoms with Gasteiger partial charge in [-0.15, -0.1) is 0 Å². The van der Waals surface area contributed by atoms with Gasteiger partial charge in [-0.1, -0.05) is 39.8 Å². The van der Waals surface area contributed by atoms with E-state index in [1.807, 2.05) is 35.9 Å². The van der Waals surface area contributed by atoms with Crippen molar-refractivity contribution in [1.29, 1.82) is 0 Å². The van der Waals surface area contributed by atoms with Crippen LogP contribution in [0, 0.1) is 0 Å². The molecule has 2 aromatic carbocycles. The van der Waals surface area contributed by atoms with Gasteiger partial charge in [0.15, 0.2) is 5.16 Å². The fourth-order valence-electron chi connectivity index (χ4n) is 2.27. The number of aromatic nitrogens is 2. The summed E-state index contributed by atoms with van der Waals surface area (Å²) in [6.45, 7) is 0. The molecule has 0 aliphatic carbocycles. The van der Waals surface area contributed by atoms with Gasteiger partial charge in [0.05, 0.1) is 27.5 Å². The van der Waals surface area contributed by atoms with Gasteiger partial charge in [-0.2, -0.15) is 5.10 Å². The minimum Gasteiger partial charge on any atom is -0.506 e. The van der Waals surface area contributed by atoms with E-state index in [9.17, 15) is 9.90 Å². The average Bonchev–Trinajstić information content (AvgIpc) is 2.93. The Kier molecular flexibility index (Phi) is 6.00. The third kappa shape index (κ3) is 4.28. The van der Waals surface area contributed by atoms with Crippen molar-refractivity contribution in [1.82, 2.24) is 15.0 Å². The SMILES string of the molecule is Cn1c(SCC(=O)N/N=C/c2cc(Br)cc(Br)c2O)nc2ccccc21. The van der Waals surface area contributed by atoms with Crippen LogP contribution in [0.5, 0.6) is 5.75 Å². The Morgan fingerprint density at radius 3 is 2.92 bits per heavy atom. The maximum absolute atomic E-state index is 12.0. The summed E-state index contributed by atoms with van der Waals surface area (Å²) >= 11 is 7.92. The second kappa shape index (κ2) is 8.24. The molecule has 0 atom stereocenters. The Morgan fingerprint density at radius 1 is 1.38 bits per heavy atom. The van der Waals surface area contributed by atoms with Gasteiger partial charge >= 0.3 is 0 Å². The molecule has 0 saturated heterocycles. The molecule has 1 heterocycles. The predicted molar refractivity (Wildman–Crippen MR) is 111 cm³/mol. The molecule has 0 saturated carbocycles. The van der Waals surface area contributed by atoms with Gasteiger partial charge in [-0.25, -0.2) is 10.4 Å². The molecule has 0 radical (unpaired) electrons. The first-order valence-corrected chi connectivity index (χ1v) is 10.1. The van der Waals surface area contributed by atoms with E-state index >= 15 is 0 Å². The number of fused-ring (bicyclic) bond motifs is 1. The molecule has 0 unspecified atom stereocenters. The van der Waals surface area contributed by atoms with E-state index in [1.165, 1.54) is 18.0 Å². The van der Waals surface area contributed by atoms with E-state index < -0.39 is 0 Å². The minimum atomic E-state index is -0.258. The van der Waals surface area contributed by atoms with Gasteiger partial charge < -0.3 is 9.67 Å². The van der Waals surface area contributed by atoms with Crippen molar-refractivity contribution in [2.75, 3.05) is 5.75 Å². The van der Waals surface area contributed by atoms with Crippen molar-refractivity contribution < 1.29 is 9.90 Å². The van der Waals surface area contributed by atoms with Gasteiger partial charge in [-0.05, 0) is 40.2 Å². The summed E-state index contributed by atoms with van der Waals surface area (Å²) in [5, 5.41) is 14.6. The number of phenols is 1. The molecule has 9 heteroatoms. The lowest BCUT2D eigenvalue weighted by Gasteiger charge is -2.03. The number of nitrogens with zero attached hydrogens (tertiary/aromatic N) is 3. The van der Waals surface area contributed by atoms with Crippen LogP contribution in [0.1, 0.15) is 5.56 Å². The number of thioether (sulfide) groups is 1. The summed E-state index contributed by atoms with van der Waals surface area (Å²) < 4.78 is 3.28. The lowest BCUT2D eigenvalue weighted by molar-refractivity contribution is -0.118. The van der Waals surface area contributed by atoms with Gasteiger partial charge in [0, 0.05) is 17.1 Å². The molecule has 6 nitrogen and oxygen atoms in total. The van der Waals surface area contributed by atoms with E-state index in [0.717, 1.165) is 20.7 Å². The first-order chi connectivity index (χ1) is 12.5. The average molecular weight is 498 g/mol. The van der Waals surface area contributed by atoms with Gasteiger partial charge in [-0.3, -0.25) is 4.79 Å². The molecule has 2 N–H and O–H groups in total. The number of carbonyl (C=O) groups excluding carboxylic acids is 1. The van der Waals surface area contributed by atoms with Crippen molar-refractivity contribution in [3.63, 3.8) is 0 Å². The molecule has 0 spiro atoms. The van der Waals surface area contributed by atoms with Crippen LogP contribution in [-0.2, 0) is 11.8 Å². The fourth-order valence-corrected chi connectivity index (χ4v) is 4.31. The van der Waals surface area contributed by atoms with Crippen LogP contribution in [0.25, 0.3) is 11.0 Å². The third-order valence-corrected chi connectivity index (χ3v) is 5.62. The molecule has 26 heavy (non-hydrogen) atoms. The zero-order chi connectivity index (χ0) is 18.7. The molecule has 134 valence electrons. The molecule has 0 bridgehead atoms. The Morgan fingerprint density at radius 2 is 2.15 bits per heavy atom. The number of hydrazone groups is 1. The zero-order valence-corrected chi connectivity index (χ0v) is 17.6. The van der Waals surface area contributed by atoms with E-state index in [4.69, 9.17) is 0 Å². The number of imidazole rings is 1. The summed E-state index contributed by atoms with van der Waals surface area (Å²) in [5.74, 6) is -0.0185. The summed E-state index contributed by atoms with van der Waals surface area (Å²) in [6, 6.07) is 11.2. The number of hydrogen-bond donors (Lipinski definition) is 2. The number of aryl methyl sites for hydroxylation is 1. The Balaban J connectivity index is 1.60. The highest BCUT2D eigenvalue weighted by Crippen LogP contribution is 2.30. The number of rotatable bonds is 5. The van der Waals surface area contributed by atoms with Gasteiger partial charge in [0.25, 0.3) is 5.91 Å². The second-order valence-electron chi connectivity index (χ2n) is 5.35.